The number of carbonyl (C=O) groups is 1. The molecule has 41 heavy (non-hydrogen) atoms. The molecule has 1 aromatic heterocycles. The van der Waals surface area contributed by atoms with Crippen LogP contribution in [0.5, 0.6) is 0 Å². The highest BCUT2D eigenvalue weighted by molar-refractivity contribution is 7.88. The Bertz CT molecular complexity index is 1290. The van der Waals surface area contributed by atoms with Crippen LogP contribution in [0.3, 0.4) is 0 Å². The summed E-state index contributed by atoms with van der Waals surface area (Å²) in [5.74, 6) is 1.94. The van der Waals surface area contributed by atoms with Crippen molar-refractivity contribution in [3.63, 3.8) is 0 Å². The number of amides is 1. The van der Waals surface area contributed by atoms with Crippen molar-refractivity contribution < 1.29 is 13.2 Å². The molecule has 2 unspecified atom stereocenters. The van der Waals surface area contributed by atoms with E-state index in [-0.39, 0.29) is 11.9 Å². The Morgan fingerprint density at radius 2 is 1.66 bits per heavy atom. The number of aryl methyl sites for hydroxylation is 1. The van der Waals surface area contributed by atoms with Crippen LogP contribution in [-0.4, -0.2) is 85.2 Å². The zero-order valence-corrected chi connectivity index (χ0v) is 25.6. The van der Waals surface area contributed by atoms with Gasteiger partial charge < -0.3 is 15.1 Å². The number of nitrogens with one attached hydrogen (secondary N) is 2. The lowest BCUT2D eigenvalue weighted by atomic mass is 9.78. The van der Waals surface area contributed by atoms with Crippen molar-refractivity contribution in [1.29, 1.82) is 0 Å². The molecule has 5 rings (SSSR count). The van der Waals surface area contributed by atoms with Gasteiger partial charge in [0.2, 0.25) is 10.0 Å². The van der Waals surface area contributed by atoms with Crippen LogP contribution in [0.1, 0.15) is 84.5 Å². The summed E-state index contributed by atoms with van der Waals surface area (Å²) in [6.07, 6.45) is 11.1. The van der Waals surface area contributed by atoms with Crippen molar-refractivity contribution in [2.75, 3.05) is 44.3 Å². The summed E-state index contributed by atoms with van der Waals surface area (Å²) in [5, 5.41) is 3.56. The fourth-order valence-corrected chi connectivity index (χ4v) is 7.81. The Labute approximate surface area is 245 Å². The first-order valence-corrected chi connectivity index (χ1v) is 17.2. The minimum atomic E-state index is -3.17. The third kappa shape index (κ3) is 7.84. The number of piperidine rings is 2. The molecule has 2 atom stereocenters. The molecule has 0 spiro atoms. The molecule has 10 heteroatoms. The largest absolute Gasteiger partial charge is 0.369 e. The van der Waals surface area contributed by atoms with Gasteiger partial charge >= 0.3 is 0 Å². The number of sulfonamides is 1. The standard InChI is InChI=1S/C31H46N6O3S/c1-22-7-9-25(10-8-22)26-6-4-5-24(19-26)20-32-30-23(2)29(33-21-34-30)31(38)37-17-13-28(14-18-37)36-15-11-27(12-16-36)35-41(3,39)40/h7-10,21,24,26-28,35H,4-6,11-20H2,1-3H3,(H,32,33,34). The maximum atomic E-state index is 13.5. The minimum Gasteiger partial charge on any atom is -0.369 e. The zero-order valence-electron chi connectivity index (χ0n) is 24.8. The van der Waals surface area contributed by atoms with Gasteiger partial charge in [-0.15, -0.1) is 0 Å². The molecule has 2 saturated heterocycles. The molecule has 1 aliphatic carbocycles. The van der Waals surface area contributed by atoms with Crippen LogP contribution in [0.4, 0.5) is 5.82 Å². The minimum absolute atomic E-state index is 0.0143. The summed E-state index contributed by atoms with van der Waals surface area (Å²) >= 11 is 0. The highest BCUT2D eigenvalue weighted by Gasteiger charge is 2.32. The van der Waals surface area contributed by atoms with E-state index in [1.54, 1.807) is 0 Å². The van der Waals surface area contributed by atoms with Crippen molar-refractivity contribution in [3.05, 3.63) is 53.0 Å². The Morgan fingerprint density at radius 1 is 0.951 bits per heavy atom. The molecular formula is C31H46N6O3S. The van der Waals surface area contributed by atoms with Crippen LogP contribution in [0.2, 0.25) is 0 Å². The van der Waals surface area contributed by atoms with Crippen molar-refractivity contribution in [3.8, 4) is 0 Å². The van der Waals surface area contributed by atoms with Gasteiger partial charge in [-0.05, 0) is 89.3 Å². The van der Waals surface area contributed by atoms with Gasteiger partial charge in [-0.3, -0.25) is 4.79 Å². The van der Waals surface area contributed by atoms with E-state index in [1.165, 1.54) is 49.4 Å². The van der Waals surface area contributed by atoms with Gasteiger partial charge in [0, 0.05) is 37.3 Å². The summed E-state index contributed by atoms with van der Waals surface area (Å²) in [7, 11) is -3.17. The third-order valence-electron chi connectivity index (χ3n) is 9.35. The van der Waals surface area contributed by atoms with Crippen LogP contribution >= 0.6 is 0 Å². The van der Waals surface area contributed by atoms with E-state index in [1.807, 2.05) is 11.8 Å². The summed E-state index contributed by atoms with van der Waals surface area (Å²) in [6, 6.07) is 9.46. The topological polar surface area (TPSA) is 108 Å². The maximum absolute atomic E-state index is 13.5. The molecule has 2 aromatic rings. The van der Waals surface area contributed by atoms with Gasteiger partial charge in [-0.2, -0.15) is 0 Å². The van der Waals surface area contributed by atoms with E-state index in [4.69, 9.17) is 0 Å². The lowest BCUT2D eigenvalue weighted by molar-refractivity contribution is 0.0570. The number of aromatic nitrogens is 2. The maximum Gasteiger partial charge on any atom is 0.272 e. The third-order valence-corrected chi connectivity index (χ3v) is 10.1. The van der Waals surface area contributed by atoms with Gasteiger partial charge in [-0.1, -0.05) is 36.2 Å². The van der Waals surface area contributed by atoms with Crippen LogP contribution in [0, 0.1) is 19.8 Å². The SMILES string of the molecule is Cc1ccc(C2CCCC(CNc3ncnc(C(=O)N4CCC(N5CCC(NS(C)(=O)=O)CC5)CC4)c3C)C2)cc1. The molecule has 3 aliphatic rings. The van der Waals surface area contributed by atoms with Crippen LogP contribution in [0.15, 0.2) is 30.6 Å². The average Bonchev–Trinajstić information content (AvgIpc) is 2.96. The first-order valence-electron chi connectivity index (χ1n) is 15.3. The predicted molar refractivity (Wildman–Crippen MR) is 163 cm³/mol. The lowest BCUT2D eigenvalue weighted by Gasteiger charge is -2.41. The van der Waals surface area contributed by atoms with E-state index >= 15 is 0 Å². The molecule has 9 nitrogen and oxygen atoms in total. The number of rotatable bonds is 8. The van der Waals surface area contributed by atoms with E-state index in [9.17, 15) is 13.2 Å². The molecule has 0 bridgehead atoms. The summed E-state index contributed by atoms with van der Waals surface area (Å²) < 4.78 is 25.8. The Balaban J connectivity index is 1.11. The van der Waals surface area contributed by atoms with Crippen LogP contribution < -0.4 is 10.0 Å². The van der Waals surface area contributed by atoms with Gasteiger partial charge in [0.15, 0.2) is 0 Å². The summed E-state index contributed by atoms with van der Waals surface area (Å²) in [4.78, 5) is 26.8. The molecule has 1 saturated carbocycles. The average molecular weight is 583 g/mol. The molecule has 1 amide bonds. The van der Waals surface area contributed by atoms with E-state index in [2.05, 4.69) is 56.1 Å². The second-order valence-corrected chi connectivity index (χ2v) is 14.2. The number of carbonyl (C=O) groups excluding carboxylic acids is 1. The molecule has 2 aliphatic heterocycles. The number of benzene rings is 1. The fraction of sp³-hybridized carbons (Fsp3) is 0.645. The number of likely N-dealkylation sites (tertiary alicyclic amines) is 2. The Morgan fingerprint density at radius 3 is 2.34 bits per heavy atom. The highest BCUT2D eigenvalue weighted by Crippen LogP contribution is 2.36. The van der Waals surface area contributed by atoms with Crippen molar-refractivity contribution >= 4 is 21.7 Å². The number of hydrogen-bond donors (Lipinski definition) is 2. The number of anilines is 1. The molecule has 3 heterocycles. The van der Waals surface area contributed by atoms with Crippen molar-refractivity contribution in [2.24, 2.45) is 5.92 Å². The molecule has 224 valence electrons. The zero-order chi connectivity index (χ0) is 29.0. The van der Waals surface area contributed by atoms with Gasteiger partial charge in [0.05, 0.1) is 6.26 Å². The van der Waals surface area contributed by atoms with E-state index in [0.717, 1.165) is 56.7 Å². The summed E-state index contributed by atoms with van der Waals surface area (Å²) in [5.41, 5.74) is 4.07. The quantitative estimate of drug-likeness (QED) is 0.483. The first-order chi connectivity index (χ1) is 19.7. The molecule has 3 fully saturated rings. The second-order valence-electron chi connectivity index (χ2n) is 12.4. The highest BCUT2D eigenvalue weighted by atomic mass is 32.2. The normalized spacial score (nSPS) is 23.4. The van der Waals surface area contributed by atoms with Gasteiger partial charge in [0.25, 0.3) is 5.91 Å². The Kier molecular flexibility index (Phi) is 9.61. The lowest BCUT2D eigenvalue weighted by Crippen LogP contribution is -2.51. The second kappa shape index (κ2) is 13.2. The van der Waals surface area contributed by atoms with Gasteiger partial charge in [0.1, 0.15) is 17.8 Å². The van der Waals surface area contributed by atoms with E-state index in [0.29, 0.717) is 36.7 Å². The van der Waals surface area contributed by atoms with Crippen molar-refractivity contribution in [2.45, 2.75) is 83.2 Å². The van der Waals surface area contributed by atoms with Crippen LogP contribution in [-0.2, 0) is 10.0 Å². The Hall–Kier alpha value is -2.56. The van der Waals surface area contributed by atoms with Crippen molar-refractivity contribution in [1.82, 2.24) is 24.5 Å². The van der Waals surface area contributed by atoms with E-state index < -0.39 is 10.0 Å². The predicted octanol–water partition coefficient (Wildman–Crippen LogP) is 4.10. The summed E-state index contributed by atoms with van der Waals surface area (Å²) in [6.45, 7) is 8.14. The smallest absolute Gasteiger partial charge is 0.272 e. The first kappa shape index (κ1) is 29.9. The van der Waals surface area contributed by atoms with Crippen LogP contribution in [0.25, 0.3) is 0 Å². The fourth-order valence-electron chi connectivity index (χ4n) is 6.97. The molecule has 2 N–H and O–H groups in total. The monoisotopic (exact) mass is 582 g/mol. The number of hydrogen-bond acceptors (Lipinski definition) is 7. The number of nitrogens with zero attached hydrogens (tertiary/aromatic N) is 4. The van der Waals surface area contributed by atoms with Gasteiger partial charge in [-0.25, -0.2) is 23.1 Å². The molecule has 0 radical (unpaired) electrons. The molecule has 1 aromatic carbocycles. The molecular weight excluding hydrogens is 536 g/mol.